The summed E-state index contributed by atoms with van der Waals surface area (Å²) in [6.45, 7) is 15.0. The van der Waals surface area contributed by atoms with Crippen molar-refractivity contribution in [2.45, 2.75) is 253 Å². The number of hydrogen-bond acceptors (Lipinski definition) is 11. The molecule has 0 fully saturated rings. The van der Waals surface area contributed by atoms with Gasteiger partial charge in [-0.15, -0.1) is 0 Å². The third-order valence-electron chi connectivity index (χ3n) is 16.5. The van der Waals surface area contributed by atoms with Gasteiger partial charge in [-0.05, 0) is 88.6 Å². The monoisotopic (exact) mass is 1250 g/mol. The zero-order chi connectivity index (χ0) is 62.9. The van der Waals surface area contributed by atoms with Crippen molar-refractivity contribution in [1.29, 1.82) is 0 Å². The molecule has 0 spiro atoms. The zero-order valence-corrected chi connectivity index (χ0v) is 56.1. The molecule has 488 valence electrons. The molecule has 1 aliphatic carbocycles. The standard InChI is InChI=1S/C70H111N4O11PS/c1-7-13-15-17-19-21-23-25-27-29-31-33-35-37-39-41-66(75)81-54-59(84-67(76)42-40-38-36-34-32-30-28-26-24-22-20-18-16-14-8-2)55-83-86(79,80)82-50-49-71-70(87)72-56-43-46-60(63(51-56)69(77)78)68-61-47-44-57(73(9-3)10-4)52-64(61)85-65-53-58(45-48-62(65)68)74(11-5)12-6/h43-48,51-53,59H,7-42,49-50,54-55H2,1-6H3,(H3,71,77,78,79,80,87)/p+1. The van der Waals surface area contributed by atoms with Crippen LogP contribution in [-0.4, -0.2) is 91.7 Å². The molecular weight excluding hydrogens is 1140 g/mol. The first kappa shape index (κ1) is 74.6. The van der Waals surface area contributed by atoms with Crippen molar-refractivity contribution < 1.29 is 51.9 Å². The summed E-state index contributed by atoms with van der Waals surface area (Å²) < 4.78 is 43.8. The Balaban J connectivity index is 1.28. The molecule has 15 nitrogen and oxygen atoms in total. The normalized spacial score (nSPS) is 12.5. The molecule has 2 aromatic carbocycles. The minimum absolute atomic E-state index is 0.0192. The number of carbonyl (C=O) groups is 3. The Morgan fingerprint density at radius 3 is 1.62 bits per heavy atom. The average Bonchev–Trinajstić information content (AvgIpc) is 0.992. The highest BCUT2D eigenvalue weighted by molar-refractivity contribution is 7.80. The van der Waals surface area contributed by atoms with Crippen molar-refractivity contribution in [1.82, 2.24) is 9.89 Å². The van der Waals surface area contributed by atoms with Crippen molar-refractivity contribution in [2.24, 2.45) is 0 Å². The van der Waals surface area contributed by atoms with E-state index in [0.29, 0.717) is 35.4 Å². The van der Waals surface area contributed by atoms with Gasteiger partial charge in [-0.25, -0.2) is 13.9 Å². The van der Waals surface area contributed by atoms with E-state index in [1.54, 1.807) is 12.1 Å². The minimum Gasteiger partial charge on any atom is -0.478 e. The number of ether oxygens (including phenoxy) is 2. The number of fused-ring (bicyclic) bond motifs is 2. The number of anilines is 2. The summed E-state index contributed by atoms with van der Waals surface area (Å²) >= 11 is 5.56. The fourth-order valence-electron chi connectivity index (χ4n) is 11.4. The molecule has 4 N–H and O–H groups in total. The number of hydrogen-bond donors (Lipinski definition) is 4. The lowest BCUT2D eigenvalue weighted by Gasteiger charge is -2.22. The molecule has 0 radical (unpaired) electrons. The van der Waals surface area contributed by atoms with Gasteiger partial charge in [-0.3, -0.25) is 18.6 Å². The van der Waals surface area contributed by atoms with Crippen LogP contribution < -0.4 is 25.5 Å². The van der Waals surface area contributed by atoms with Gasteiger partial charge >= 0.3 is 25.7 Å². The molecule has 0 bridgehead atoms. The summed E-state index contributed by atoms with van der Waals surface area (Å²) in [5.41, 5.74) is 4.08. The van der Waals surface area contributed by atoms with Crippen LogP contribution in [0.25, 0.3) is 33.4 Å². The first-order chi connectivity index (χ1) is 42.3. The van der Waals surface area contributed by atoms with Gasteiger partial charge in [0.15, 0.2) is 11.2 Å². The Kier molecular flexibility index (Phi) is 38.2. The predicted molar refractivity (Wildman–Crippen MR) is 361 cm³/mol. The third-order valence-corrected chi connectivity index (χ3v) is 17.7. The molecule has 0 amide bonds. The average molecular weight is 1250 g/mol. The van der Waals surface area contributed by atoms with E-state index in [9.17, 15) is 28.9 Å². The van der Waals surface area contributed by atoms with Gasteiger partial charge < -0.3 is 39.4 Å². The predicted octanol–water partition coefficient (Wildman–Crippen LogP) is 18.0. The van der Waals surface area contributed by atoms with Crippen molar-refractivity contribution >= 4 is 65.4 Å². The Morgan fingerprint density at radius 1 is 0.609 bits per heavy atom. The van der Waals surface area contributed by atoms with E-state index in [4.69, 9.17) is 35.2 Å². The number of nitrogens with one attached hydrogen (secondary N) is 2. The molecule has 87 heavy (non-hydrogen) atoms. The number of phosphoric ester groups is 1. The second-order valence-electron chi connectivity index (χ2n) is 23.4. The van der Waals surface area contributed by atoms with Crippen molar-refractivity contribution in [2.75, 3.05) is 62.8 Å². The first-order valence-electron chi connectivity index (χ1n) is 34.0. The van der Waals surface area contributed by atoms with Gasteiger partial charge in [0.1, 0.15) is 31.0 Å². The van der Waals surface area contributed by atoms with E-state index >= 15 is 0 Å². The summed E-state index contributed by atoms with van der Waals surface area (Å²) in [6, 6.07) is 17.1. The summed E-state index contributed by atoms with van der Waals surface area (Å²) in [6.07, 6.45) is 35.7. The number of phosphoric acid groups is 1. The fourth-order valence-corrected chi connectivity index (χ4v) is 12.3. The van der Waals surface area contributed by atoms with Crippen molar-refractivity contribution in [3.63, 3.8) is 0 Å². The van der Waals surface area contributed by atoms with Gasteiger partial charge in [-0.2, -0.15) is 0 Å². The molecule has 2 aliphatic rings. The number of benzene rings is 3. The van der Waals surface area contributed by atoms with Gasteiger partial charge in [0.05, 0.1) is 24.8 Å². The van der Waals surface area contributed by atoms with E-state index in [2.05, 4.69) is 61.7 Å². The lowest BCUT2D eigenvalue weighted by Crippen LogP contribution is -2.31. The second kappa shape index (κ2) is 44.6. The van der Waals surface area contributed by atoms with Gasteiger partial charge in [0.2, 0.25) is 5.36 Å². The molecule has 0 saturated carbocycles. The number of carbonyl (C=O) groups excluding carboxylic acids is 2. The number of esters is 2. The van der Waals surface area contributed by atoms with Gasteiger partial charge in [0.25, 0.3) is 0 Å². The van der Waals surface area contributed by atoms with Crippen molar-refractivity contribution in [3.05, 3.63) is 65.5 Å². The molecule has 17 heteroatoms. The topological polar surface area (TPSA) is 189 Å². The lowest BCUT2D eigenvalue weighted by atomic mass is 9.90. The van der Waals surface area contributed by atoms with Crippen molar-refractivity contribution in [3.8, 4) is 22.5 Å². The van der Waals surface area contributed by atoms with Crippen LogP contribution in [0.1, 0.15) is 257 Å². The van der Waals surface area contributed by atoms with Crippen LogP contribution in [-0.2, 0) is 32.7 Å². The molecule has 1 aliphatic heterocycles. The Bertz CT molecular complexity index is 2690. The molecule has 2 atom stereocenters. The molecular formula is C70H112N4O11PS+. The van der Waals surface area contributed by atoms with Crippen LogP contribution >= 0.6 is 20.0 Å². The number of carboxylic acid groups (broad SMARTS) is 1. The van der Waals surface area contributed by atoms with E-state index in [-0.39, 0.29) is 43.3 Å². The minimum atomic E-state index is -4.69. The maximum Gasteiger partial charge on any atom is 0.472 e. The first-order valence-corrected chi connectivity index (χ1v) is 35.9. The van der Waals surface area contributed by atoms with E-state index in [1.807, 2.05) is 36.4 Å². The highest BCUT2D eigenvalue weighted by atomic mass is 32.1. The van der Waals surface area contributed by atoms with E-state index < -0.39 is 38.4 Å². The Labute approximate surface area is 528 Å². The van der Waals surface area contributed by atoms with E-state index in [1.165, 1.54) is 147 Å². The SMILES string of the molecule is CCCCCCCCCCCCCCCCCC(=O)OCC(COP(=O)(O)OCCNC(=S)Nc1ccc(-c2c3ccc(=[N+](CC)CC)cc-3oc3cc(N(CC)CC)ccc23)c(C(=O)O)c1)OC(=O)CCCCCCCCCCCCCCCCC. The number of thiocarbonyl (C=S) groups is 1. The number of aromatic carboxylic acids is 1. The van der Waals surface area contributed by atoms with Crippen LogP contribution in [0.4, 0.5) is 11.4 Å². The maximum absolute atomic E-state index is 13.2. The maximum atomic E-state index is 13.2. The van der Waals surface area contributed by atoms with Crippen LogP contribution in [0.3, 0.4) is 0 Å². The van der Waals surface area contributed by atoms with Crippen LogP contribution in [0.15, 0.2) is 59.0 Å². The summed E-state index contributed by atoms with van der Waals surface area (Å²) in [7, 11) is -4.69. The smallest absolute Gasteiger partial charge is 0.472 e. The fraction of sp³-hybridized carbons (Fsp3) is 0.671. The largest absolute Gasteiger partial charge is 0.478 e. The number of unbranched alkanes of at least 4 members (excludes halogenated alkanes) is 28. The molecule has 2 unspecified atom stereocenters. The van der Waals surface area contributed by atoms with Gasteiger partial charge in [0, 0.05) is 72.5 Å². The molecule has 2 aromatic rings. The Hall–Kier alpha value is -4.86. The lowest BCUT2D eigenvalue weighted by molar-refractivity contribution is -0.161. The summed E-state index contributed by atoms with van der Waals surface area (Å²) in [5.74, 6) is -1.42. The summed E-state index contributed by atoms with van der Waals surface area (Å²) in [5, 5.41) is 18.6. The van der Waals surface area contributed by atoms with Gasteiger partial charge in [-0.1, -0.05) is 200 Å². The Morgan fingerprint density at radius 2 is 1.11 bits per heavy atom. The highest BCUT2D eigenvalue weighted by Crippen LogP contribution is 2.44. The molecule has 1 heterocycles. The second-order valence-corrected chi connectivity index (χ2v) is 25.3. The summed E-state index contributed by atoms with van der Waals surface area (Å²) in [4.78, 5) is 52.0. The number of carboxylic acids is 1. The van der Waals surface area contributed by atoms with E-state index in [0.717, 1.165) is 92.3 Å². The number of rotatable bonds is 50. The molecule has 0 aromatic heterocycles. The highest BCUT2D eigenvalue weighted by Gasteiger charge is 2.27. The van der Waals surface area contributed by atoms with Crippen LogP contribution in [0, 0.1) is 0 Å². The van der Waals surface area contributed by atoms with Crippen LogP contribution in [0.2, 0.25) is 0 Å². The third kappa shape index (κ3) is 29.5. The van der Waals surface area contributed by atoms with Crippen LogP contribution in [0.5, 0.6) is 0 Å². The quantitative estimate of drug-likeness (QED) is 0.00815. The zero-order valence-electron chi connectivity index (χ0n) is 54.4. The molecule has 4 rings (SSSR count). The molecule has 0 saturated heterocycles. The number of nitrogens with zero attached hydrogens (tertiary/aromatic N) is 2.